The Hall–Kier alpha value is -0.900. The van der Waals surface area contributed by atoms with Gasteiger partial charge in [0.25, 0.3) is 0 Å². The molecule has 4 heteroatoms. The van der Waals surface area contributed by atoms with Crippen molar-refractivity contribution in [3.05, 3.63) is 11.6 Å². The van der Waals surface area contributed by atoms with Crippen molar-refractivity contribution < 1.29 is 0 Å². The summed E-state index contributed by atoms with van der Waals surface area (Å²) >= 11 is 0. The van der Waals surface area contributed by atoms with Crippen molar-refractivity contribution in [3.63, 3.8) is 0 Å². The van der Waals surface area contributed by atoms with Gasteiger partial charge < -0.3 is 10.3 Å². The van der Waals surface area contributed by atoms with E-state index in [9.17, 15) is 0 Å². The largest absolute Gasteiger partial charge is 0.326 e. The maximum absolute atomic E-state index is 6.06. The van der Waals surface area contributed by atoms with Gasteiger partial charge in [-0.3, -0.25) is 0 Å². The van der Waals surface area contributed by atoms with Crippen molar-refractivity contribution in [1.29, 1.82) is 0 Å². The molecule has 4 nitrogen and oxygen atoms in total. The minimum Gasteiger partial charge on any atom is -0.326 e. The molecule has 2 heterocycles. The third-order valence-corrected chi connectivity index (χ3v) is 4.51. The molecule has 1 aromatic heterocycles. The Kier molecular flexibility index (Phi) is 3.64. The van der Waals surface area contributed by atoms with E-state index < -0.39 is 0 Å². The molecule has 0 bridgehead atoms. The highest BCUT2D eigenvalue weighted by Crippen LogP contribution is 2.26. The van der Waals surface area contributed by atoms with Crippen LogP contribution in [0, 0.1) is 5.92 Å². The van der Waals surface area contributed by atoms with Gasteiger partial charge in [-0.25, -0.2) is 0 Å². The summed E-state index contributed by atoms with van der Waals surface area (Å²) in [5, 5.41) is 8.75. The van der Waals surface area contributed by atoms with Crippen LogP contribution in [0.5, 0.6) is 0 Å². The van der Waals surface area contributed by atoms with E-state index >= 15 is 0 Å². The predicted octanol–water partition coefficient (Wildman–Crippen LogP) is 2.06. The molecule has 0 amide bonds. The first kappa shape index (κ1) is 12.2. The molecule has 2 N–H and O–H groups in total. The molecule has 1 aliphatic heterocycles. The van der Waals surface area contributed by atoms with Gasteiger partial charge in [-0.05, 0) is 12.3 Å². The normalized spacial score (nSPS) is 25.7. The van der Waals surface area contributed by atoms with Crippen LogP contribution in [0.2, 0.25) is 0 Å². The predicted molar refractivity (Wildman–Crippen MR) is 71.2 cm³/mol. The van der Waals surface area contributed by atoms with Gasteiger partial charge in [0.15, 0.2) is 0 Å². The average molecular weight is 248 g/mol. The van der Waals surface area contributed by atoms with E-state index in [1.54, 1.807) is 0 Å². The summed E-state index contributed by atoms with van der Waals surface area (Å²) in [5.41, 5.74) is 6.06. The van der Waals surface area contributed by atoms with E-state index in [-0.39, 0.29) is 0 Å². The lowest BCUT2D eigenvalue weighted by Crippen LogP contribution is -2.33. The Morgan fingerprint density at radius 1 is 1.06 bits per heavy atom. The molecule has 1 atom stereocenters. The number of rotatable bonds is 2. The number of nitrogens with two attached hydrogens (primary N) is 1. The first-order chi connectivity index (χ1) is 8.83. The molecule has 1 unspecified atom stereocenters. The zero-order chi connectivity index (χ0) is 12.4. The highest BCUT2D eigenvalue weighted by atomic mass is 15.3. The summed E-state index contributed by atoms with van der Waals surface area (Å²) in [7, 11) is 0. The van der Waals surface area contributed by atoms with Gasteiger partial charge in [0.1, 0.15) is 11.6 Å². The molecule has 0 spiro atoms. The molecule has 1 fully saturated rings. The number of hydrogen-bond acceptors (Lipinski definition) is 3. The molecule has 2 aliphatic rings. The standard InChI is InChI=1S/C14H24N4/c15-12-7-8-13-16-17-14(18(13)10-12)9-11-5-3-1-2-4-6-11/h11-12H,1-10,15H2. The van der Waals surface area contributed by atoms with Crippen molar-refractivity contribution in [3.8, 4) is 0 Å². The average Bonchev–Trinajstić information content (AvgIpc) is 2.60. The fourth-order valence-electron chi connectivity index (χ4n) is 3.39. The molecular weight excluding hydrogens is 224 g/mol. The van der Waals surface area contributed by atoms with E-state index in [4.69, 9.17) is 5.73 Å². The molecule has 100 valence electrons. The molecule has 18 heavy (non-hydrogen) atoms. The van der Waals surface area contributed by atoms with Crippen molar-refractivity contribution >= 4 is 0 Å². The van der Waals surface area contributed by atoms with Crippen molar-refractivity contribution in [2.45, 2.75) is 70.4 Å². The number of hydrogen-bond donors (Lipinski definition) is 1. The highest BCUT2D eigenvalue weighted by Gasteiger charge is 2.22. The van der Waals surface area contributed by atoms with Crippen LogP contribution in [0.4, 0.5) is 0 Å². The second kappa shape index (κ2) is 5.39. The lowest BCUT2D eigenvalue weighted by Gasteiger charge is -2.22. The number of nitrogens with zero attached hydrogens (tertiary/aromatic N) is 3. The fourth-order valence-corrected chi connectivity index (χ4v) is 3.39. The fraction of sp³-hybridized carbons (Fsp3) is 0.857. The molecular formula is C14H24N4. The Balaban J connectivity index is 1.70. The van der Waals surface area contributed by atoms with Crippen LogP contribution < -0.4 is 5.73 Å². The maximum atomic E-state index is 6.06. The van der Waals surface area contributed by atoms with Crippen molar-refractivity contribution in [2.75, 3.05) is 0 Å². The highest BCUT2D eigenvalue weighted by molar-refractivity contribution is 5.02. The third-order valence-electron chi connectivity index (χ3n) is 4.51. The second-order valence-electron chi connectivity index (χ2n) is 6.00. The number of fused-ring (bicyclic) bond motifs is 1. The molecule has 0 radical (unpaired) electrons. The lowest BCUT2D eigenvalue weighted by molar-refractivity contribution is 0.408. The molecule has 1 saturated carbocycles. The zero-order valence-corrected chi connectivity index (χ0v) is 11.1. The van der Waals surface area contributed by atoms with Crippen LogP contribution in [0.15, 0.2) is 0 Å². The van der Waals surface area contributed by atoms with Crippen LogP contribution >= 0.6 is 0 Å². The number of aromatic nitrogens is 3. The van der Waals surface area contributed by atoms with Crippen molar-refractivity contribution in [2.24, 2.45) is 11.7 Å². The van der Waals surface area contributed by atoms with Crippen LogP contribution in [-0.2, 0) is 19.4 Å². The van der Waals surface area contributed by atoms with E-state index in [1.807, 2.05) is 0 Å². The van der Waals surface area contributed by atoms with Gasteiger partial charge in [-0.1, -0.05) is 38.5 Å². The smallest absolute Gasteiger partial charge is 0.133 e. The van der Waals surface area contributed by atoms with Crippen molar-refractivity contribution in [1.82, 2.24) is 14.8 Å². The van der Waals surface area contributed by atoms with E-state index in [2.05, 4.69) is 14.8 Å². The molecule has 0 saturated heterocycles. The zero-order valence-electron chi connectivity index (χ0n) is 11.1. The van der Waals surface area contributed by atoms with E-state index in [1.165, 1.54) is 44.3 Å². The Labute approximate surface area is 109 Å². The van der Waals surface area contributed by atoms with E-state index in [0.29, 0.717) is 6.04 Å². The van der Waals surface area contributed by atoms with Gasteiger partial charge in [0, 0.05) is 25.4 Å². The molecule has 1 aliphatic carbocycles. The minimum atomic E-state index is 0.293. The summed E-state index contributed by atoms with van der Waals surface area (Å²) in [6.07, 6.45) is 11.5. The topological polar surface area (TPSA) is 56.7 Å². The summed E-state index contributed by atoms with van der Waals surface area (Å²) < 4.78 is 2.29. The first-order valence-corrected chi connectivity index (χ1v) is 7.49. The van der Waals surface area contributed by atoms with Crippen LogP contribution in [0.3, 0.4) is 0 Å². The Morgan fingerprint density at radius 2 is 1.83 bits per heavy atom. The van der Waals surface area contributed by atoms with Gasteiger partial charge in [-0.2, -0.15) is 0 Å². The Morgan fingerprint density at radius 3 is 2.61 bits per heavy atom. The van der Waals surface area contributed by atoms with Gasteiger partial charge in [-0.15, -0.1) is 10.2 Å². The summed E-state index contributed by atoms with van der Waals surface area (Å²) in [6.45, 7) is 0.921. The second-order valence-corrected chi connectivity index (χ2v) is 6.00. The summed E-state index contributed by atoms with van der Waals surface area (Å²) in [5.74, 6) is 3.16. The maximum Gasteiger partial charge on any atom is 0.133 e. The quantitative estimate of drug-likeness (QED) is 0.815. The van der Waals surface area contributed by atoms with Crippen LogP contribution in [0.1, 0.15) is 56.6 Å². The third kappa shape index (κ3) is 2.58. The molecule has 1 aromatic rings. The lowest BCUT2D eigenvalue weighted by atomic mass is 9.96. The van der Waals surface area contributed by atoms with Crippen LogP contribution in [-0.4, -0.2) is 20.8 Å². The van der Waals surface area contributed by atoms with E-state index in [0.717, 1.165) is 37.5 Å². The minimum absolute atomic E-state index is 0.293. The summed E-state index contributed by atoms with van der Waals surface area (Å²) in [4.78, 5) is 0. The van der Waals surface area contributed by atoms with Gasteiger partial charge in [0.2, 0.25) is 0 Å². The summed E-state index contributed by atoms with van der Waals surface area (Å²) in [6, 6.07) is 0.293. The van der Waals surface area contributed by atoms with Gasteiger partial charge in [0.05, 0.1) is 0 Å². The number of aryl methyl sites for hydroxylation is 1. The SMILES string of the molecule is NC1CCc2nnc(CC3CCCCCC3)n2C1. The monoisotopic (exact) mass is 248 g/mol. The molecule has 3 rings (SSSR count). The van der Waals surface area contributed by atoms with Crippen LogP contribution in [0.25, 0.3) is 0 Å². The first-order valence-electron chi connectivity index (χ1n) is 7.49. The Bertz CT molecular complexity index is 390. The van der Waals surface area contributed by atoms with Gasteiger partial charge >= 0.3 is 0 Å². The molecule has 0 aromatic carbocycles.